The fraction of sp³-hybridized carbons (Fsp3) is 0.500. The van der Waals surface area contributed by atoms with Crippen LogP contribution >= 0.6 is 0 Å². The Morgan fingerprint density at radius 3 is 2.81 bits per heavy atom. The van der Waals surface area contributed by atoms with E-state index in [4.69, 9.17) is 9.47 Å². The molecule has 0 spiro atoms. The van der Waals surface area contributed by atoms with Gasteiger partial charge in [0.05, 0.1) is 12.2 Å². The van der Waals surface area contributed by atoms with Crippen molar-refractivity contribution in [3.8, 4) is 11.5 Å². The van der Waals surface area contributed by atoms with E-state index in [1.165, 1.54) is 11.1 Å². The highest BCUT2D eigenvalue weighted by atomic mass is 16.7. The normalized spacial score (nSPS) is 36.2. The number of hydrogen-bond donors (Lipinski definition) is 2. The molecule has 5 heteroatoms. The summed E-state index contributed by atoms with van der Waals surface area (Å²) in [4.78, 5) is 2.40. The second-order valence-corrected chi connectivity index (χ2v) is 6.32. The second-order valence-electron chi connectivity index (χ2n) is 6.32. The zero-order chi connectivity index (χ0) is 14.1. The second kappa shape index (κ2) is 4.00. The molecule has 4 aliphatic rings. The van der Waals surface area contributed by atoms with Gasteiger partial charge in [0.15, 0.2) is 11.5 Å². The largest absolute Gasteiger partial charge is 0.454 e. The van der Waals surface area contributed by atoms with Gasteiger partial charge in [0, 0.05) is 25.0 Å². The molecular formula is C16H17NO4. The molecule has 1 aliphatic carbocycles. The van der Waals surface area contributed by atoms with Crippen molar-refractivity contribution < 1.29 is 19.7 Å². The molecule has 0 radical (unpaired) electrons. The van der Waals surface area contributed by atoms with Crippen LogP contribution in [0, 0.1) is 0 Å². The van der Waals surface area contributed by atoms with E-state index in [0.717, 1.165) is 36.6 Å². The Labute approximate surface area is 122 Å². The Bertz CT molecular complexity index is 656. The molecule has 0 bridgehead atoms. The van der Waals surface area contributed by atoms with Crippen LogP contribution in [0.2, 0.25) is 0 Å². The van der Waals surface area contributed by atoms with Gasteiger partial charge in [-0.3, -0.25) is 4.90 Å². The molecule has 0 aromatic heterocycles. The van der Waals surface area contributed by atoms with Gasteiger partial charge in [0.1, 0.15) is 0 Å². The van der Waals surface area contributed by atoms with Gasteiger partial charge in [-0.1, -0.05) is 11.6 Å². The molecule has 1 aromatic carbocycles. The Morgan fingerprint density at radius 2 is 1.95 bits per heavy atom. The zero-order valence-electron chi connectivity index (χ0n) is 11.5. The minimum Gasteiger partial charge on any atom is -0.454 e. The summed E-state index contributed by atoms with van der Waals surface area (Å²) < 4.78 is 10.9. The molecule has 5 rings (SSSR count). The van der Waals surface area contributed by atoms with Gasteiger partial charge < -0.3 is 19.7 Å². The van der Waals surface area contributed by atoms with Crippen molar-refractivity contribution in [3.05, 3.63) is 34.9 Å². The average molecular weight is 287 g/mol. The third-order valence-corrected chi connectivity index (χ3v) is 5.27. The average Bonchev–Trinajstić information content (AvgIpc) is 3.08. The number of nitrogens with zero attached hydrogens (tertiary/aromatic N) is 1. The predicted octanol–water partition coefficient (Wildman–Crippen LogP) is 0.749. The van der Waals surface area contributed by atoms with Crippen LogP contribution in [0.3, 0.4) is 0 Å². The molecule has 1 fully saturated rings. The van der Waals surface area contributed by atoms with E-state index >= 15 is 0 Å². The molecule has 0 saturated carbocycles. The summed E-state index contributed by atoms with van der Waals surface area (Å²) in [7, 11) is 0. The molecule has 110 valence electrons. The summed E-state index contributed by atoms with van der Waals surface area (Å²) in [5.74, 6) is 1.45. The van der Waals surface area contributed by atoms with Crippen molar-refractivity contribution in [3.63, 3.8) is 0 Å². The van der Waals surface area contributed by atoms with Crippen LogP contribution in [0.1, 0.15) is 23.5 Å². The van der Waals surface area contributed by atoms with Crippen LogP contribution in [0.15, 0.2) is 23.8 Å². The first kappa shape index (κ1) is 12.0. The maximum Gasteiger partial charge on any atom is 0.231 e. The number of hydrogen-bond acceptors (Lipinski definition) is 5. The van der Waals surface area contributed by atoms with E-state index in [0.29, 0.717) is 0 Å². The number of aliphatic hydroxyl groups excluding tert-OH is 2. The van der Waals surface area contributed by atoms with Crippen molar-refractivity contribution in [2.45, 2.75) is 37.1 Å². The minimum atomic E-state index is -0.780. The van der Waals surface area contributed by atoms with Crippen molar-refractivity contribution in [1.29, 1.82) is 0 Å². The van der Waals surface area contributed by atoms with E-state index in [-0.39, 0.29) is 18.8 Å². The summed E-state index contributed by atoms with van der Waals surface area (Å²) >= 11 is 0. The van der Waals surface area contributed by atoms with Gasteiger partial charge >= 0.3 is 0 Å². The molecule has 2 N–H and O–H groups in total. The van der Waals surface area contributed by atoms with Crippen LogP contribution in [-0.4, -0.2) is 46.7 Å². The van der Waals surface area contributed by atoms with Crippen molar-refractivity contribution in [2.75, 3.05) is 13.3 Å². The molecule has 3 aliphatic heterocycles. The lowest BCUT2D eigenvalue weighted by molar-refractivity contribution is -0.00157. The van der Waals surface area contributed by atoms with Gasteiger partial charge in [-0.25, -0.2) is 0 Å². The zero-order valence-corrected chi connectivity index (χ0v) is 11.5. The fourth-order valence-corrected chi connectivity index (χ4v) is 4.35. The molecule has 0 amide bonds. The maximum atomic E-state index is 10.5. The van der Waals surface area contributed by atoms with Gasteiger partial charge in [-0.05, 0) is 29.7 Å². The third kappa shape index (κ3) is 1.51. The Kier molecular flexibility index (Phi) is 2.29. The summed E-state index contributed by atoms with van der Waals surface area (Å²) in [6, 6.07) is 4.25. The first-order chi connectivity index (χ1) is 10.2. The highest BCUT2D eigenvalue weighted by molar-refractivity contribution is 5.53. The number of rotatable bonds is 0. The lowest BCUT2D eigenvalue weighted by atomic mass is 9.73. The van der Waals surface area contributed by atoms with E-state index in [2.05, 4.69) is 4.90 Å². The lowest BCUT2D eigenvalue weighted by Crippen LogP contribution is -2.49. The maximum absolute atomic E-state index is 10.5. The molecule has 4 atom stereocenters. The highest BCUT2D eigenvalue weighted by Gasteiger charge is 2.48. The molecule has 5 nitrogen and oxygen atoms in total. The van der Waals surface area contributed by atoms with Gasteiger partial charge in [-0.15, -0.1) is 0 Å². The van der Waals surface area contributed by atoms with Crippen LogP contribution in [0.25, 0.3) is 0 Å². The van der Waals surface area contributed by atoms with Gasteiger partial charge in [-0.2, -0.15) is 0 Å². The van der Waals surface area contributed by atoms with E-state index < -0.39 is 12.2 Å². The van der Waals surface area contributed by atoms with E-state index in [1.54, 1.807) is 0 Å². The molecule has 1 saturated heterocycles. The molecular weight excluding hydrogens is 270 g/mol. The topological polar surface area (TPSA) is 62.2 Å². The Balaban J connectivity index is 1.70. The quantitative estimate of drug-likeness (QED) is 0.690. The SMILES string of the molecule is O[C@@H]1[C@@H]2c3cc4c(cc3CN3CCC(=C[C@H]1O)[C@@H]23)OCO4. The van der Waals surface area contributed by atoms with Crippen LogP contribution in [-0.2, 0) is 6.54 Å². The summed E-state index contributed by atoms with van der Waals surface area (Å²) in [6.45, 7) is 2.11. The highest BCUT2D eigenvalue weighted by Crippen LogP contribution is 2.49. The number of fused-ring (bicyclic) bond motifs is 3. The summed E-state index contributed by atoms with van der Waals surface area (Å²) in [5, 5.41) is 20.7. The minimum absolute atomic E-state index is 0.0826. The first-order valence-corrected chi connectivity index (χ1v) is 7.45. The van der Waals surface area contributed by atoms with Crippen molar-refractivity contribution >= 4 is 0 Å². The molecule has 1 aromatic rings. The van der Waals surface area contributed by atoms with E-state index in [1.807, 2.05) is 18.2 Å². The first-order valence-electron chi connectivity index (χ1n) is 7.45. The molecule has 21 heavy (non-hydrogen) atoms. The smallest absolute Gasteiger partial charge is 0.231 e. The van der Waals surface area contributed by atoms with Crippen LogP contribution in [0.4, 0.5) is 0 Å². The van der Waals surface area contributed by atoms with Gasteiger partial charge in [0.2, 0.25) is 6.79 Å². The number of ether oxygens (including phenoxy) is 2. The fourth-order valence-electron chi connectivity index (χ4n) is 4.35. The van der Waals surface area contributed by atoms with Crippen molar-refractivity contribution in [1.82, 2.24) is 4.90 Å². The standard InChI is InChI=1S/C16H17NO4/c18-11-3-8-1-2-17-6-9-4-12-13(21-7-20-12)5-10(9)14(15(8)17)16(11)19/h3-5,11,14-16,18-19H,1-2,6-7H2/t11-,14-,15+,16+/m1/s1. The van der Waals surface area contributed by atoms with Crippen LogP contribution in [0.5, 0.6) is 11.5 Å². The number of benzene rings is 1. The Morgan fingerprint density at radius 1 is 1.14 bits per heavy atom. The lowest BCUT2D eigenvalue weighted by Gasteiger charge is -2.44. The number of aliphatic hydroxyl groups is 2. The monoisotopic (exact) mass is 287 g/mol. The van der Waals surface area contributed by atoms with E-state index in [9.17, 15) is 10.2 Å². The van der Waals surface area contributed by atoms with Crippen LogP contribution < -0.4 is 9.47 Å². The summed E-state index contributed by atoms with van der Waals surface area (Å²) in [6.07, 6.45) is 1.28. The molecule has 0 unspecified atom stereocenters. The summed E-state index contributed by atoms with van der Waals surface area (Å²) in [5.41, 5.74) is 3.54. The Hall–Kier alpha value is -1.56. The third-order valence-electron chi connectivity index (χ3n) is 5.27. The predicted molar refractivity (Wildman–Crippen MR) is 74.2 cm³/mol. The molecule has 3 heterocycles. The van der Waals surface area contributed by atoms with Gasteiger partial charge in [0.25, 0.3) is 0 Å². The van der Waals surface area contributed by atoms with Crippen molar-refractivity contribution in [2.24, 2.45) is 0 Å².